The average Bonchev–Trinajstić information content (AvgIpc) is 2.63. The maximum absolute atomic E-state index is 12.0. The van der Waals surface area contributed by atoms with E-state index in [0.29, 0.717) is 11.3 Å². The van der Waals surface area contributed by atoms with Crippen molar-refractivity contribution in [2.45, 2.75) is 33.6 Å². The quantitative estimate of drug-likeness (QED) is 0.748. The molecule has 0 fully saturated rings. The van der Waals surface area contributed by atoms with Gasteiger partial charge < -0.3 is 9.42 Å². The number of rotatable bonds is 5. The molecule has 4 heteroatoms. The Kier molecular flexibility index (Phi) is 4.34. The van der Waals surface area contributed by atoms with Gasteiger partial charge in [-0.15, -0.1) is 0 Å². The molecule has 1 rings (SSSR count). The van der Waals surface area contributed by atoms with Crippen LogP contribution in [-0.2, 0) is 0 Å². The molecular formula is C11H18N2O2. The van der Waals surface area contributed by atoms with Crippen molar-refractivity contribution >= 4 is 5.91 Å². The van der Waals surface area contributed by atoms with Gasteiger partial charge in [0.15, 0.2) is 0 Å². The summed E-state index contributed by atoms with van der Waals surface area (Å²) in [7, 11) is 0. The van der Waals surface area contributed by atoms with E-state index in [0.717, 1.165) is 25.9 Å². The molecule has 0 unspecified atom stereocenters. The van der Waals surface area contributed by atoms with Crippen molar-refractivity contribution in [3.8, 4) is 0 Å². The van der Waals surface area contributed by atoms with Crippen molar-refractivity contribution in [3.63, 3.8) is 0 Å². The first-order valence-electron chi connectivity index (χ1n) is 5.41. The lowest BCUT2D eigenvalue weighted by Crippen LogP contribution is -2.32. The van der Waals surface area contributed by atoms with Crippen molar-refractivity contribution in [2.24, 2.45) is 0 Å². The SMILES string of the molecule is CCCN(CCC)C(=O)c1cnoc1C. The third-order valence-electron chi connectivity index (χ3n) is 2.26. The Balaban J connectivity index is 2.76. The summed E-state index contributed by atoms with van der Waals surface area (Å²) in [6, 6.07) is 0. The van der Waals surface area contributed by atoms with Crippen LogP contribution in [0.2, 0.25) is 0 Å². The van der Waals surface area contributed by atoms with Crippen LogP contribution in [0.4, 0.5) is 0 Å². The second-order valence-electron chi connectivity index (χ2n) is 3.59. The van der Waals surface area contributed by atoms with E-state index in [1.54, 1.807) is 6.92 Å². The highest BCUT2D eigenvalue weighted by molar-refractivity contribution is 5.94. The monoisotopic (exact) mass is 210 g/mol. The van der Waals surface area contributed by atoms with Crippen molar-refractivity contribution in [2.75, 3.05) is 13.1 Å². The first kappa shape index (κ1) is 11.8. The molecule has 0 radical (unpaired) electrons. The summed E-state index contributed by atoms with van der Waals surface area (Å²) in [5.74, 6) is 0.620. The molecule has 1 heterocycles. The third kappa shape index (κ3) is 2.81. The number of carbonyl (C=O) groups is 1. The van der Waals surface area contributed by atoms with Crippen molar-refractivity contribution in [1.29, 1.82) is 0 Å². The zero-order valence-corrected chi connectivity index (χ0v) is 9.62. The van der Waals surface area contributed by atoms with Crippen LogP contribution in [0.5, 0.6) is 0 Å². The molecule has 0 aliphatic rings. The minimum absolute atomic E-state index is 0.0254. The predicted octanol–water partition coefficient (Wildman–Crippen LogP) is 2.25. The standard InChI is InChI=1S/C11H18N2O2/c1-4-6-13(7-5-2)11(14)10-8-12-15-9(10)3/h8H,4-7H2,1-3H3. The zero-order valence-electron chi connectivity index (χ0n) is 9.62. The molecular weight excluding hydrogens is 192 g/mol. The van der Waals surface area contributed by atoms with Crippen LogP contribution in [0.3, 0.4) is 0 Å². The molecule has 0 saturated carbocycles. The van der Waals surface area contributed by atoms with Gasteiger partial charge in [0, 0.05) is 13.1 Å². The Hall–Kier alpha value is -1.32. The molecule has 0 aliphatic heterocycles. The van der Waals surface area contributed by atoms with E-state index < -0.39 is 0 Å². The van der Waals surface area contributed by atoms with E-state index in [-0.39, 0.29) is 5.91 Å². The second-order valence-corrected chi connectivity index (χ2v) is 3.59. The zero-order chi connectivity index (χ0) is 11.3. The summed E-state index contributed by atoms with van der Waals surface area (Å²) < 4.78 is 4.89. The van der Waals surface area contributed by atoms with E-state index in [1.165, 1.54) is 6.20 Å². The average molecular weight is 210 g/mol. The highest BCUT2D eigenvalue weighted by Crippen LogP contribution is 2.10. The number of amides is 1. The van der Waals surface area contributed by atoms with Gasteiger partial charge in [-0.05, 0) is 19.8 Å². The smallest absolute Gasteiger partial charge is 0.259 e. The van der Waals surface area contributed by atoms with E-state index in [4.69, 9.17) is 4.52 Å². The molecule has 0 aliphatic carbocycles. The van der Waals surface area contributed by atoms with E-state index in [9.17, 15) is 4.79 Å². The maximum Gasteiger partial charge on any atom is 0.259 e. The highest BCUT2D eigenvalue weighted by atomic mass is 16.5. The summed E-state index contributed by atoms with van der Waals surface area (Å²) in [6.07, 6.45) is 3.43. The fourth-order valence-electron chi connectivity index (χ4n) is 1.53. The Morgan fingerprint density at radius 2 is 2.00 bits per heavy atom. The fraction of sp³-hybridized carbons (Fsp3) is 0.636. The molecule has 0 saturated heterocycles. The van der Waals surface area contributed by atoms with Gasteiger partial charge in [0.25, 0.3) is 5.91 Å². The van der Waals surface area contributed by atoms with Crippen LogP contribution < -0.4 is 0 Å². The minimum Gasteiger partial charge on any atom is -0.361 e. The van der Waals surface area contributed by atoms with Crippen LogP contribution in [0.25, 0.3) is 0 Å². The number of carbonyl (C=O) groups excluding carboxylic acids is 1. The molecule has 0 bridgehead atoms. The van der Waals surface area contributed by atoms with E-state index in [1.807, 2.05) is 4.90 Å². The highest BCUT2D eigenvalue weighted by Gasteiger charge is 2.18. The van der Waals surface area contributed by atoms with Crippen LogP contribution >= 0.6 is 0 Å². The lowest BCUT2D eigenvalue weighted by atomic mass is 10.2. The van der Waals surface area contributed by atoms with E-state index >= 15 is 0 Å². The molecule has 0 N–H and O–H groups in total. The van der Waals surface area contributed by atoms with E-state index in [2.05, 4.69) is 19.0 Å². The van der Waals surface area contributed by atoms with Crippen LogP contribution in [0, 0.1) is 6.92 Å². The summed E-state index contributed by atoms with van der Waals surface area (Å²) in [5.41, 5.74) is 0.580. The first-order chi connectivity index (χ1) is 7.20. The van der Waals surface area contributed by atoms with Crippen molar-refractivity contribution in [1.82, 2.24) is 10.1 Å². The Bertz CT molecular complexity index is 314. The van der Waals surface area contributed by atoms with Crippen molar-refractivity contribution in [3.05, 3.63) is 17.5 Å². The van der Waals surface area contributed by atoms with Crippen LogP contribution in [0.15, 0.2) is 10.7 Å². The Labute approximate surface area is 90.2 Å². The summed E-state index contributed by atoms with van der Waals surface area (Å²) in [4.78, 5) is 13.9. The topological polar surface area (TPSA) is 46.3 Å². The molecule has 84 valence electrons. The lowest BCUT2D eigenvalue weighted by Gasteiger charge is -2.20. The molecule has 0 aromatic carbocycles. The third-order valence-corrected chi connectivity index (χ3v) is 2.26. The summed E-state index contributed by atoms with van der Waals surface area (Å²) in [5, 5.41) is 3.62. The van der Waals surface area contributed by atoms with Gasteiger partial charge >= 0.3 is 0 Å². The molecule has 0 spiro atoms. The Morgan fingerprint density at radius 1 is 1.40 bits per heavy atom. The molecule has 1 aromatic heterocycles. The van der Waals surface area contributed by atoms with Gasteiger partial charge in [0.2, 0.25) is 0 Å². The largest absolute Gasteiger partial charge is 0.361 e. The van der Waals surface area contributed by atoms with Gasteiger partial charge in [-0.3, -0.25) is 4.79 Å². The Morgan fingerprint density at radius 3 is 2.40 bits per heavy atom. The first-order valence-corrected chi connectivity index (χ1v) is 5.41. The number of hydrogen-bond donors (Lipinski definition) is 0. The van der Waals surface area contributed by atoms with Gasteiger partial charge in [-0.2, -0.15) is 0 Å². The number of aromatic nitrogens is 1. The van der Waals surface area contributed by atoms with Crippen LogP contribution in [-0.4, -0.2) is 29.1 Å². The minimum atomic E-state index is 0.0254. The lowest BCUT2D eigenvalue weighted by molar-refractivity contribution is 0.0754. The van der Waals surface area contributed by atoms with Gasteiger partial charge in [-0.25, -0.2) is 0 Å². The normalized spacial score (nSPS) is 10.3. The molecule has 1 aromatic rings. The summed E-state index contributed by atoms with van der Waals surface area (Å²) >= 11 is 0. The van der Waals surface area contributed by atoms with Crippen LogP contribution in [0.1, 0.15) is 42.8 Å². The fourth-order valence-corrected chi connectivity index (χ4v) is 1.53. The number of hydrogen-bond acceptors (Lipinski definition) is 3. The maximum atomic E-state index is 12.0. The molecule has 15 heavy (non-hydrogen) atoms. The predicted molar refractivity (Wildman–Crippen MR) is 57.7 cm³/mol. The van der Waals surface area contributed by atoms with Gasteiger partial charge in [0.05, 0.1) is 6.20 Å². The summed E-state index contributed by atoms with van der Waals surface area (Å²) in [6.45, 7) is 7.47. The molecule has 0 atom stereocenters. The second kappa shape index (κ2) is 5.53. The van der Waals surface area contributed by atoms with Crippen molar-refractivity contribution < 1.29 is 9.32 Å². The molecule has 4 nitrogen and oxygen atoms in total. The van der Waals surface area contributed by atoms with Gasteiger partial charge in [0.1, 0.15) is 11.3 Å². The number of aryl methyl sites for hydroxylation is 1. The molecule has 1 amide bonds. The van der Waals surface area contributed by atoms with Gasteiger partial charge in [-0.1, -0.05) is 19.0 Å². The number of nitrogens with zero attached hydrogens (tertiary/aromatic N) is 2.